The van der Waals surface area contributed by atoms with E-state index in [-0.39, 0.29) is 12.6 Å². The van der Waals surface area contributed by atoms with Crippen molar-refractivity contribution in [2.45, 2.75) is 40.2 Å². The standard InChI is InChI=1S/C19H28N2O4/c1-13(2)7-9-25-17-10-14(3)4-5-15(17)11-20-19(24)21-8-6-16(12-21)18(22)23/h4-5,10,13,16H,6-9,11-12H2,1-3H3,(H,20,24)(H,22,23). The molecular formula is C19H28N2O4. The molecule has 0 saturated carbocycles. The lowest BCUT2D eigenvalue weighted by Gasteiger charge is -2.18. The van der Waals surface area contributed by atoms with Crippen LogP contribution >= 0.6 is 0 Å². The summed E-state index contributed by atoms with van der Waals surface area (Å²) in [6.45, 7) is 8.08. The third-order valence-corrected chi connectivity index (χ3v) is 4.43. The number of nitrogens with one attached hydrogen (secondary N) is 1. The Morgan fingerprint density at radius 1 is 1.40 bits per heavy atom. The summed E-state index contributed by atoms with van der Waals surface area (Å²) >= 11 is 0. The number of aryl methyl sites for hydroxylation is 1. The number of carbonyl (C=O) groups excluding carboxylic acids is 1. The van der Waals surface area contributed by atoms with Crippen molar-refractivity contribution < 1.29 is 19.4 Å². The number of ether oxygens (including phenoxy) is 1. The number of likely N-dealkylation sites (tertiary alicyclic amines) is 1. The molecule has 25 heavy (non-hydrogen) atoms. The summed E-state index contributed by atoms with van der Waals surface area (Å²) in [7, 11) is 0. The van der Waals surface area contributed by atoms with E-state index < -0.39 is 11.9 Å². The smallest absolute Gasteiger partial charge is 0.317 e. The van der Waals surface area contributed by atoms with E-state index in [2.05, 4.69) is 19.2 Å². The summed E-state index contributed by atoms with van der Waals surface area (Å²) in [6.07, 6.45) is 1.49. The molecule has 0 aliphatic carbocycles. The van der Waals surface area contributed by atoms with Crippen LogP contribution in [-0.4, -0.2) is 41.7 Å². The van der Waals surface area contributed by atoms with Crippen LogP contribution in [0, 0.1) is 18.8 Å². The van der Waals surface area contributed by atoms with E-state index in [0.29, 0.717) is 32.0 Å². The third-order valence-electron chi connectivity index (χ3n) is 4.43. The second-order valence-corrected chi connectivity index (χ2v) is 7.07. The molecule has 0 bridgehead atoms. The topological polar surface area (TPSA) is 78.9 Å². The number of rotatable bonds is 7. The van der Waals surface area contributed by atoms with E-state index in [0.717, 1.165) is 23.3 Å². The highest BCUT2D eigenvalue weighted by molar-refractivity contribution is 5.77. The molecule has 138 valence electrons. The minimum Gasteiger partial charge on any atom is -0.493 e. The molecular weight excluding hydrogens is 320 g/mol. The zero-order chi connectivity index (χ0) is 18.4. The summed E-state index contributed by atoms with van der Waals surface area (Å²) in [5.41, 5.74) is 2.04. The minimum atomic E-state index is -0.838. The maximum atomic E-state index is 12.2. The largest absolute Gasteiger partial charge is 0.493 e. The maximum absolute atomic E-state index is 12.2. The highest BCUT2D eigenvalue weighted by atomic mass is 16.5. The SMILES string of the molecule is Cc1ccc(CNC(=O)N2CCC(C(=O)O)C2)c(OCCC(C)C)c1. The van der Waals surface area contributed by atoms with Gasteiger partial charge < -0.3 is 20.1 Å². The van der Waals surface area contributed by atoms with Crippen LogP contribution in [0.1, 0.15) is 37.8 Å². The Morgan fingerprint density at radius 3 is 2.80 bits per heavy atom. The van der Waals surface area contributed by atoms with E-state index in [9.17, 15) is 9.59 Å². The number of hydrogen-bond donors (Lipinski definition) is 2. The number of hydrogen-bond acceptors (Lipinski definition) is 3. The Hall–Kier alpha value is -2.24. The van der Waals surface area contributed by atoms with Crippen LogP contribution in [0.3, 0.4) is 0 Å². The molecule has 0 spiro atoms. The number of carbonyl (C=O) groups is 2. The average Bonchev–Trinajstić information content (AvgIpc) is 3.04. The fourth-order valence-corrected chi connectivity index (χ4v) is 2.78. The Bertz CT molecular complexity index is 615. The van der Waals surface area contributed by atoms with Crippen LogP contribution in [0.4, 0.5) is 4.79 Å². The monoisotopic (exact) mass is 348 g/mol. The molecule has 1 atom stereocenters. The summed E-state index contributed by atoms with van der Waals surface area (Å²) in [5.74, 6) is 0.0748. The molecule has 0 radical (unpaired) electrons. The Labute approximate surface area is 149 Å². The van der Waals surface area contributed by atoms with E-state index >= 15 is 0 Å². The van der Waals surface area contributed by atoms with Crippen molar-refractivity contribution in [2.24, 2.45) is 11.8 Å². The van der Waals surface area contributed by atoms with Gasteiger partial charge in [0.15, 0.2) is 0 Å². The highest BCUT2D eigenvalue weighted by Gasteiger charge is 2.30. The lowest BCUT2D eigenvalue weighted by Crippen LogP contribution is -2.38. The molecule has 1 aromatic rings. The summed E-state index contributed by atoms with van der Waals surface area (Å²) in [5, 5.41) is 11.9. The normalized spacial score (nSPS) is 17.0. The molecule has 1 aliphatic rings. The molecule has 2 amide bonds. The van der Waals surface area contributed by atoms with Gasteiger partial charge in [0.05, 0.1) is 12.5 Å². The second-order valence-electron chi connectivity index (χ2n) is 7.07. The minimum absolute atomic E-state index is 0.225. The van der Waals surface area contributed by atoms with Crippen molar-refractivity contribution in [3.63, 3.8) is 0 Å². The first-order valence-electron chi connectivity index (χ1n) is 8.84. The van der Waals surface area contributed by atoms with Crippen LogP contribution in [0.25, 0.3) is 0 Å². The van der Waals surface area contributed by atoms with Gasteiger partial charge in [-0.1, -0.05) is 26.0 Å². The highest BCUT2D eigenvalue weighted by Crippen LogP contribution is 2.22. The number of nitrogens with zero attached hydrogens (tertiary/aromatic N) is 1. The van der Waals surface area contributed by atoms with Gasteiger partial charge >= 0.3 is 12.0 Å². The zero-order valence-electron chi connectivity index (χ0n) is 15.2. The molecule has 0 aromatic heterocycles. The number of carboxylic acids is 1. The van der Waals surface area contributed by atoms with Crippen molar-refractivity contribution in [1.29, 1.82) is 0 Å². The number of urea groups is 1. The van der Waals surface area contributed by atoms with E-state index in [1.54, 1.807) is 4.90 Å². The number of carboxylic acid groups (broad SMARTS) is 1. The van der Waals surface area contributed by atoms with Gasteiger partial charge in [-0.2, -0.15) is 0 Å². The van der Waals surface area contributed by atoms with Crippen molar-refractivity contribution in [3.8, 4) is 5.75 Å². The first-order chi connectivity index (χ1) is 11.9. The van der Waals surface area contributed by atoms with Crippen LogP contribution in [0.15, 0.2) is 18.2 Å². The molecule has 6 nitrogen and oxygen atoms in total. The molecule has 1 unspecified atom stereocenters. The first kappa shape index (κ1) is 19.1. The van der Waals surface area contributed by atoms with Crippen LogP contribution in [0.2, 0.25) is 0 Å². The van der Waals surface area contributed by atoms with E-state index in [1.807, 2.05) is 25.1 Å². The number of amides is 2. The lowest BCUT2D eigenvalue weighted by atomic mass is 10.1. The maximum Gasteiger partial charge on any atom is 0.317 e. The van der Waals surface area contributed by atoms with Gasteiger partial charge in [-0.3, -0.25) is 4.79 Å². The van der Waals surface area contributed by atoms with Crippen LogP contribution in [-0.2, 0) is 11.3 Å². The van der Waals surface area contributed by atoms with Gasteiger partial charge in [-0.25, -0.2) is 4.79 Å². The Morgan fingerprint density at radius 2 is 2.16 bits per heavy atom. The lowest BCUT2D eigenvalue weighted by molar-refractivity contribution is -0.141. The summed E-state index contributed by atoms with van der Waals surface area (Å²) < 4.78 is 5.89. The molecule has 1 fully saturated rings. The summed E-state index contributed by atoms with van der Waals surface area (Å²) in [6, 6.07) is 5.72. The quantitative estimate of drug-likeness (QED) is 0.794. The molecule has 1 heterocycles. The second kappa shape index (κ2) is 8.74. The van der Waals surface area contributed by atoms with Gasteiger partial charge in [-0.05, 0) is 37.3 Å². The van der Waals surface area contributed by atoms with Crippen molar-refractivity contribution in [1.82, 2.24) is 10.2 Å². The van der Waals surface area contributed by atoms with Crippen LogP contribution in [0.5, 0.6) is 5.75 Å². The molecule has 2 N–H and O–H groups in total. The van der Waals surface area contributed by atoms with Gasteiger partial charge in [0, 0.05) is 25.2 Å². The van der Waals surface area contributed by atoms with Gasteiger partial charge in [0.2, 0.25) is 0 Å². The van der Waals surface area contributed by atoms with Crippen LogP contribution < -0.4 is 10.1 Å². The van der Waals surface area contributed by atoms with Crippen molar-refractivity contribution in [2.75, 3.05) is 19.7 Å². The van der Waals surface area contributed by atoms with Gasteiger partial charge in [0.25, 0.3) is 0 Å². The fourth-order valence-electron chi connectivity index (χ4n) is 2.78. The van der Waals surface area contributed by atoms with Crippen molar-refractivity contribution in [3.05, 3.63) is 29.3 Å². The predicted octanol–water partition coefficient (Wildman–Crippen LogP) is 3.04. The molecule has 1 saturated heterocycles. The van der Waals surface area contributed by atoms with E-state index in [4.69, 9.17) is 9.84 Å². The Balaban J connectivity index is 1.91. The van der Waals surface area contributed by atoms with Crippen molar-refractivity contribution >= 4 is 12.0 Å². The first-order valence-corrected chi connectivity index (χ1v) is 8.84. The van der Waals surface area contributed by atoms with Gasteiger partial charge in [0.1, 0.15) is 5.75 Å². The molecule has 1 aliphatic heterocycles. The number of aliphatic carboxylic acids is 1. The number of benzene rings is 1. The molecule has 2 rings (SSSR count). The molecule has 6 heteroatoms. The average molecular weight is 348 g/mol. The van der Waals surface area contributed by atoms with E-state index in [1.165, 1.54) is 0 Å². The van der Waals surface area contributed by atoms with Gasteiger partial charge in [-0.15, -0.1) is 0 Å². The molecule has 1 aromatic carbocycles. The zero-order valence-corrected chi connectivity index (χ0v) is 15.2. The third kappa shape index (κ3) is 5.66. The fraction of sp³-hybridized carbons (Fsp3) is 0.579. The Kier molecular flexibility index (Phi) is 6.67. The predicted molar refractivity (Wildman–Crippen MR) is 95.7 cm³/mol. The summed E-state index contributed by atoms with van der Waals surface area (Å²) in [4.78, 5) is 24.8.